The van der Waals surface area contributed by atoms with E-state index >= 15 is 0 Å². The smallest absolute Gasteiger partial charge is 0.338 e. The van der Waals surface area contributed by atoms with E-state index in [0.29, 0.717) is 5.56 Å². The van der Waals surface area contributed by atoms with Crippen molar-refractivity contribution in [2.75, 3.05) is 0 Å². The van der Waals surface area contributed by atoms with E-state index < -0.39 is 12.1 Å². The molecular weight excluding hydrogens is 364 g/mol. The molecule has 0 spiro atoms. The quantitative estimate of drug-likeness (QED) is 0.487. The van der Waals surface area contributed by atoms with Crippen molar-refractivity contribution >= 4 is 33.6 Å². The Morgan fingerprint density at radius 3 is 2.48 bits per heavy atom. The number of carbonyl (C=O) groups is 2. The molecule has 5 nitrogen and oxygen atoms in total. The normalized spacial score (nSPS) is 13.2. The molecule has 2 atom stereocenters. The standard InChI is InChI=1S/C24H22N2O3/c1-15(19-9-7-17-5-3-4-6-20(17)13-19)26-23(27)16(2)29-24(28)21-10-8-18-11-12-25-22(18)14-21/h3-16,25H,1-2H3,(H,26,27). The second kappa shape index (κ2) is 7.80. The van der Waals surface area contributed by atoms with E-state index in [1.165, 1.54) is 0 Å². The van der Waals surface area contributed by atoms with Crippen LogP contribution in [0.1, 0.15) is 35.8 Å². The maximum atomic E-state index is 12.5. The summed E-state index contributed by atoms with van der Waals surface area (Å²) in [6.07, 6.45) is 0.911. The number of aromatic amines is 1. The lowest BCUT2D eigenvalue weighted by atomic mass is 10.0. The molecule has 4 aromatic rings. The first-order chi connectivity index (χ1) is 14.0. The summed E-state index contributed by atoms with van der Waals surface area (Å²) >= 11 is 0. The molecule has 0 bridgehead atoms. The van der Waals surface area contributed by atoms with Crippen LogP contribution in [-0.2, 0) is 9.53 Å². The van der Waals surface area contributed by atoms with Gasteiger partial charge in [0.25, 0.3) is 5.91 Å². The van der Waals surface area contributed by atoms with Crippen molar-refractivity contribution in [1.82, 2.24) is 10.3 Å². The van der Waals surface area contributed by atoms with Crippen LogP contribution in [-0.4, -0.2) is 23.0 Å². The van der Waals surface area contributed by atoms with Crippen LogP contribution >= 0.6 is 0 Å². The molecule has 4 rings (SSSR count). The molecule has 2 N–H and O–H groups in total. The molecule has 0 saturated heterocycles. The summed E-state index contributed by atoms with van der Waals surface area (Å²) in [6.45, 7) is 3.49. The number of esters is 1. The van der Waals surface area contributed by atoms with Gasteiger partial charge in [-0.15, -0.1) is 0 Å². The van der Waals surface area contributed by atoms with Gasteiger partial charge >= 0.3 is 5.97 Å². The molecular formula is C24H22N2O3. The highest BCUT2D eigenvalue weighted by Gasteiger charge is 2.21. The molecule has 1 aromatic heterocycles. The van der Waals surface area contributed by atoms with E-state index in [4.69, 9.17) is 4.74 Å². The van der Waals surface area contributed by atoms with Crippen LogP contribution in [0.4, 0.5) is 0 Å². The molecule has 0 saturated carbocycles. The second-order valence-electron chi connectivity index (χ2n) is 7.16. The SMILES string of the molecule is CC(OC(=O)c1ccc2cc[nH]c2c1)C(=O)NC(C)c1ccc2ccccc2c1. The molecule has 3 aromatic carbocycles. The molecule has 0 aliphatic heterocycles. The Hall–Kier alpha value is -3.60. The fourth-order valence-corrected chi connectivity index (χ4v) is 3.35. The van der Waals surface area contributed by atoms with Gasteiger partial charge in [0.1, 0.15) is 0 Å². The number of nitrogens with one attached hydrogen (secondary N) is 2. The topological polar surface area (TPSA) is 71.2 Å². The number of amides is 1. The highest BCUT2D eigenvalue weighted by molar-refractivity contribution is 5.96. The first-order valence-electron chi connectivity index (χ1n) is 9.58. The maximum absolute atomic E-state index is 12.5. The zero-order chi connectivity index (χ0) is 20.4. The third-order valence-corrected chi connectivity index (χ3v) is 5.08. The minimum Gasteiger partial charge on any atom is -0.449 e. The van der Waals surface area contributed by atoms with E-state index in [-0.39, 0.29) is 11.9 Å². The molecule has 5 heteroatoms. The molecule has 1 heterocycles. The first kappa shape index (κ1) is 18.7. The third-order valence-electron chi connectivity index (χ3n) is 5.08. The summed E-state index contributed by atoms with van der Waals surface area (Å²) in [5, 5.41) is 6.20. The van der Waals surface area contributed by atoms with E-state index in [1.807, 2.05) is 55.6 Å². The Morgan fingerprint density at radius 1 is 0.897 bits per heavy atom. The number of fused-ring (bicyclic) bond motifs is 2. The fraction of sp³-hybridized carbons (Fsp3) is 0.167. The fourth-order valence-electron chi connectivity index (χ4n) is 3.35. The van der Waals surface area contributed by atoms with Gasteiger partial charge in [-0.3, -0.25) is 4.79 Å². The predicted molar refractivity (Wildman–Crippen MR) is 114 cm³/mol. The zero-order valence-corrected chi connectivity index (χ0v) is 16.3. The van der Waals surface area contributed by atoms with Crippen molar-refractivity contribution in [3.63, 3.8) is 0 Å². The second-order valence-corrected chi connectivity index (χ2v) is 7.16. The van der Waals surface area contributed by atoms with Crippen LogP contribution < -0.4 is 5.32 Å². The highest BCUT2D eigenvalue weighted by Crippen LogP contribution is 2.21. The number of ether oxygens (including phenoxy) is 1. The van der Waals surface area contributed by atoms with Crippen LogP contribution in [0, 0.1) is 0 Å². The average molecular weight is 386 g/mol. The summed E-state index contributed by atoms with van der Waals surface area (Å²) in [6, 6.07) is 21.1. The molecule has 2 unspecified atom stereocenters. The van der Waals surface area contributed by atoms with Gasteiger partial charge in [0.05, 0.1) is 11.6 Å². The minimum absolute atomic E-state index is 0.205. The lowest BCUT2D eigenvalue weighted by Gasteiger charge is -2.19. The summed E-state index contributed by atoms with van der Waals surface area (Å²) < 4.78 is 5.37. The Balaban J connectivity index is 1.40. The van der Waals surface area contributed by atoms with Crippen molar-refractivity contribution in [3.8, 4) is 0 Å². The van der Waals surface area contributed by atoms with Crippen molar-refractivity contribution in [2.24, 2.45) is 0 Å². The molecule has 1 amide bonds. The van der Waals surface area contributed by atoms with Crippen LogP contribution in [0.5, 0.6) is 0 Å². The molecule has 0 aliphatic rings. The van der Waals surface area contributed by atoms with Gasteiger partial charge in [-0.1, -0.05) is 42.5 Å². The lowest BCUT2D eigenvalue weighted by Crippen LogP contribution is -2.37. The van der Waals surface area contributed by atoms with Crippen molar-refractivity contribution in [1.29, 1.82) is 0 Å². The summed E-state index contributed by atoms with van der Waals surface area (Å²) in [5.74, 6) is -0.859. The van der Waals surface area contributed by atoms with Crippen LogP contribution in [0.15, 0.2) is 72.9 Å². The number of hydrogen-bond donors (Lipinski definition) is 2. The first-order valence-corrected chi connectivity index (χ1v) is 9.58. The monoisotopic (exact) mass is 386 g/mol. The molecule has 0 fully saturated rings. The van der Waals surface area contributed by atoms with Gasteiger partial charge in [-0.25, -0.2) is 4.79 Å². The van der Waals surface area contributed by atoms with Crippen molar-refractivity contribution < 1.29 is 14.3 Å². The van der Waals surface area contributed by atoms with Crippen LogP contribution in [0.3, 0.4) is 0 Å². The Morgan fingerprint density at radius 2 is 1.66 bits per heavy atom. The number of hydrogen-bond acceptors (Lipinski definition) is 3. The number of benzene rings is 3. The van der Waals surface area contributed by atoms with Gasteiger partial charge in [0, 0.05) is 11.7 Å². The number of H-pyrrole nitrogens is 1. The van der Waals surface area contributed by atoms with Crippen LogP contribution in [0.2, 0.25) is 0 Å². The van der Waals surface area contributed by atoms with Crippen molar-refractivity contribution in [2.45, 2.75) is 26.0 Å². The van der Waals surface area contributed by atoms with E-state index in [9.17, 15) is 9.59 Å². The van der Waals surface area contributed by atoms with Gasteiger partial charge in [0.15, 0.2) is 6.10 Å². The van der Waals surface area contributed by atoms with Gasteiger partial charge < -0.3 is 15.0 Å². The lowest BCUT2D eigenvalue weighted by molar-refractivity contribution is -0.129. The van der Waals surface area contributed by atoms with E-state index in [0.717, 1.165) is 27.2 Å². The summed E-state index contributed by atoms with van der Waals surface area (Å²) in [4.78, 5) is 28.0. The maximum Gasteiger partial charge on any atom is 0.338 e. The van der Waals surface area contributed by atoms with Gasteiger partial charge in [-0.05, 0) is 59.8 Å². The van der Waals surface area contributed by atoms with E-state index in [1.54, 1.807) is 19.1 Å². The Labute approximate surface area is 168 Å². The highest BCUT2D eigenvalue weighted by atomic mass is 16.5. The van der Waals surface area contributed by atoms with Crippen LogP contribution in [0.25, 0.3) is 21.7 Å². The van der Waals surface area contributed by atoms with Crippen molar-refractivity contribution in [3.05, 3.63) is 84.1 Å². The summed E-state index contributed by atoms with van der Waals surface area (Å²) in [5.41, 5.74) is 2.25. The average Bonchev–Trinajstić information content (AvgIpc) is 3.21. The van der Waals surface area contributed by atoms with Gasteiger partial charge in [-0.2, -0.15) is 0 Å². The largest absolute Gasteiger partial charge is 0.449 e. The molecule has 29 heavy (non-hydrogen) atoms. The minimum atomic E-state index is -0.898. The summed E-state index contributed by atoms with van der Waals surface area (Å²) in [7, 11) is 0. The van der Waals surface area contributed by atoms with Gasteiger partial charge in [0.2, 0.25) is 0 Å². The number of rotatable bonds is 5. The number of aromatic nitrogens is 1. The zero-order valence-electron chi connectivity index (χ0n) is 16.3. The molecule has 0 radical (unpaired) electrons. The predicted octanol–water partition coefficient (Wildman–Crippen LogP) is 4.74. The molecule has 146 valence electrons. The third kappa shape index (κ3) is 3.99. The Bertz CT molecular complexity index is 1190. The molecule has 0 aliphatic carbocycles. The Kier molecular flexibility index (Phi) is 5.04. The van der Waals surface area contributed by atoms with E-state index in [2.05, 4.69) is 22.4 Å². The number of carbonyl (C=O) groups excluding carboxylic acids is 2.